The summed E-state index contributed by atoms with van der Waals surface area (Å²) >= 11 is 0. The number of hydrogen-bond donors (Lipinski definition) is 1. The summed E-state index contributed by atoms with van der Waals surface area (Å²) in [6, 6.07) is 3.95. The molecular formula is C14H23NO. The van der Waals surface area contributed by atoms with Gasteiger partial charge in [0, 0.05) is 11.3 Å². The van der Waals surface area contributed by atoms with Crippen molar-refractivity contribution < 1.29 is 4.74 Å². The summed E-state index contributed by atoms with van der Waals surface area (Å²) in [6.07, 6.45) is 2.31. The minimum atomic E-state index is 0.742. The molecule has 1 aromatic carbocycles. The van der Waals surface area contributed by atoms with Crippen molar-refractivity contribution in [3.63, 3.8) is 0 Å². The highest BCUT2D eigenvalue weighted by atomic mass is 16.5. The van der Waals surface area contributed by atoms with E-state index in [0.29, 0.717) is 0 Å². The lowest BCUT2D eigenvalue weighted by atomic mass is 10.1. The summed E-state index contributed by atoms with van der Waals surface area (Å²) < 4.78 is 5.82. The van der Waals surface area contributed by atoms with Crippen molar-refractivity contribution in [3.8, 4) is 5.75 Å². The second-order valence-corrected chi connectivity index (χ2v) is 4.81. The van der Waals surface area contributed by atoms with Gasteiger partial charge < -0.3 is 10.5 Å². The molecule has 0 saturated carbocycles. The van der Waals surface area contributed by atoms with Crippen molar-refractivity contribution in [2.24, 2.45) is 5.92 Å². The predicted molar refractivity (Wildman–Crippen MR) is 69.9 cm³/mol. The van der Waals surface area contributed by atoms with Crippen molar-refractivity contribution in [1.29, 1.82) is 0 Å². The fourth-order valence-corrected chi connectivity index (χ4v) is 1.73. The van der Waals surface area contributed by atoms with Gasteiger partial charge >= 0.3 is 0 Å². The summed E-state index contributed by atoms with van der Waals surface area (Å²) in [4.78, 5) is 0. The lowest BCUT2D eigenvalue weighted by Gasteiger charge is -2.14. The molecule has 0 amide bonds. The molecule has 0 fully saturated rings. The Morgan fingerprint density at radius 2 is 1.94 bits per heavy atom. The van der Waals surface area contributed by atoms with Crippen LogP contribution in [0.15, 0.2) is 12.1 Å². The first-order valence-electron chi connectivity index (χ1n) is 6.01. The molecule has 0 aliphatic rings. The average Bonchev–Trinajstić information content (AvgIpc) is 2.22. The first-order chi connectivity index (χ1) is 7.52. The SMILES string of the molecule is Cc1ccc(N)c(C)c1OCCCC(C)C. The van der Waals surface area contributed by atoms with Crippen molar-refractivity contribution in [2.75, 3.05) is 12.3 Å². The molecule has 2 nitrogen and oxygen atoms in total. The highest BCUT2D eigenvalue weighted by Crippen LogP contribution is 2.27. The van der Waals surface area contributed by atoms with Crippen molar-refractivity contribution in [3.05, 3.63) is 23.3 Å². The number of nitrogen functional groups attached to an aromatic ring is 1. The number of ether oxygens (including phenoxy) is 1. The molecule has 0 aliphatic carbocycles. The molecule has 0 bridgehead atoms. The van der Waals surface area contributed by atoms with Gasteiger partial charge in [0.2, 0.25) is 0 Å². The monoisotopic (exact) mass is 221 g/mol. The molecule has 0 unspecified atom stereocenters. The van der Waals surface area contributed by atoms with E-state index in [9.17, 15) is 0 Å². The average molecular weight is 221 g/mol. The van der Waals surface area contributed by atoms with Crippen LogP contribution >= 0.6 is 0 Å². The second kappa shape index (κ2) is 5.78. The highest BCUT2D eigenvalue weighted by Gasteiger charge is 2.06. The Bertz CT molecular complexity index is 345. The van der Waals surface area contributed by atoms with Gasteiger partial charge in [-0.2, -0.15) is 0 Å². The second-order valence-electron chi connectivity index (χ2n) is 4.81. The van der Waals surface area contributed by atoms with Gasteiger partial charge in [-0.15, -0.1) is 0 Å². The van der Waals surface area contributed by atoms with E-state index in [4.69, 9.17) is 10.5 Å². The van der Waals surface area contributed by atoms with E-state index in [1.54, 1.807) is 0 Å². The Labute approximate surface area is 98.8 Å². The Kier molecular flexibility index (Phi) is 4.66. The largest absolute Gasteiger partial charge is 0.493 e. The third kappa shape index (κ3) is 3.44. The van der Waals surface area contributed by atoms with Crippen LogP contribution in [0.2, 0.25) is 0 Å². The van der Waals surface area contributed by atoms with Gasteiger partial charge in [-0.25, -0.2) is 0 Å². The van der Waals surface area contributed by atoms with Crippen LogP contribution < -0.4 is 10.5 Å². The number of nitrogens with two attached hydrogens (primary N) is 1. The quantitative estimate of drug-likeness (QED) is 0.608. The third-order valence-corrected chi connectivity index (χ3v) is 2.82. The molecule has 0 saturated heterocycles. The molecule has 90 valence electrons. The molecular weight excluding hydrogens is 198 g/mol. The van der Waals surface area contributed by atoms with E-state index < -0.39 is 0 Å². The molecule has 16 heavy (non-hydrogen) atoms. The predicted octanol–water partition coefficient (Wildman–Crippen LogP) is 3.70. The van der Waals surface area contributed by atoms with Gasteiger partial charge in [0.05, 0.1) is 6.61 Å². The number of anilines is 1. The van der Waals surface area contributed by atoms with Crippen LogP contribution in [0.3, 0.4) is 0 Å². The van der Waals surface area contributed by atoms with E-state index in [1.807, 2.05) is 19.1 Å². The van der Waals surface area contributed by atoms with Crippen LogP contribution in [0, 0.1) is 19.8 Å². The summed E-state index contributed by atoms with van der Waals surface area (Å²) in [5.41, 5.74) is 8.89. The van der Waals surface area contributed by atoms with Crippen LogP contribution in [0.4, 0.5) is 5.69 Å². The molecule has 0 aromatic heterocycles. The molecule has 0 heterocycles. The Morgan fingerprint density at radius 3 is 2.56 bits per heavy atom. The van der Waals surface area contributed by atoms with Crippen LogP contribution in [0.5, 0.6) is 5.75 Å². The minimum Gasteiger partial charge on any atom is -0.493 e. The van der Waals surface area contributed by atoms with Gasteiger partial charge in [0.25, 0.3) is 0 Å². The molecule has 0 atom stereocenters. The summed E-state index contributed by atoms with van der Waals surface area (Å²) in [5.74, 6) is 1.70. The fourth-order valence-electron chi connectivity index (χ4n) is 1.73. The Morgan fingerprint density at radius 1 is 1.25 bits per heavy atom. The summed E-state index contributed by atoms with van der Waals surface area (Å²) in [7, 11) is 0. The normalized spacial score (nSPS) is 10.8. The summed E-state index contributed by atoms with van der Waals surface area (Å²) in [5, 5.41) is 0. The van der Waals surface area contributed by atoms with Gasteiger partial charge in [-0.05, 0) is 44.2 Å². The zero-order chi connectivity index (χ0) is 12.1. The molecule has 2 heteroatoms. The molecule has 2 N–H and O–H groups in total. The van der Waals surface area contributed by atoms with Gasteiger partial charge in [0.1, 0.15) is 5.75 Å². The van der Waals surface area contributed by atoms with Crippen LogP contribution in [-0.4, -0.2) is 6.61 Å². The first kappa shape index (κ1) is 12.9. The van der Waals surface area contributed by atoms with Gasteiger partial charge in [-0.3, -0.25) is 0 Å². The fraction of sp³-hybridized carbons (Fsp3) is 0.571. The van der Waals surface area contributed by atoms with Crippen molar-refractivity contribution in [2.45, 2.75) is 40.5 Å². The molecule has 1 aromatic rings. The third-order valence-electron chi connectivity index (χ3n) is 2.82. The standard InChI is InChI=1S/C14H23NO/c1-10(2)6-5-9-16-14-11(3)7-8-13(15)12(14)4/h7-8,10H,5-6,9,15H2,1-4H3. The lowest BCUT2D eigenvalue weighted by Crippen LogP contribution is -2.03. The zero-order valence-electron chi connectivity index (χ0n) is 10.8. The minimum absolute atomic E-state index is 0.742. The first-order valence-corrected chi connectivity index (χ1v) is 6.01. The number of benzene rings is 1. The maximum absolute atomic E-state index is 5.86. The Balaban J connectivity index is 2.56. The Hall–Kier alpha value is -1.18. The van der Waals surface area contributed by atoms with E-state index in [1.165, 1.54) is 6.42 Å². The van der Waals surface area contributed by atoms with E-state index in [0.717, 1.165) is 41.5 Å². The van der Waals surface area contributed by atoms with Gasteiger partial charge in [0.15, 0.2) is 0 Å². The molecule has 1 rings (SSSR count). The number of hydrogen-bond acceptors (Lipinski definition) is 2. The van der Waals surface area contributed by atoms with Crippen LogP contribution in [-0.2, 0) is 0 Å². The molecule has 0 spiro atoms. The highest BCUT2D eigenvalue weighted by molar-refractivity contribution is 5.56. The van der Waals surface area contributed by atoms with Crippen LogP contribution in [0.25, 0.3) is 0 Å². The molecule has 0 aliphatic heterocycles. The van der Waals surface area contributed by atoms with E-state index >= 15 is 0 Å². The van der Waals surface area contributed by atoms with Crippen molar-refractivity contribution >= 4 is 5.69 Å². The van der Waals surface area contributed by atoms with Gasteiger partial charge in [-0.1, -0.05) is 19.9 Å². The topological polar surface area (TPSA) is 35.2 Å². The van der Waals surface area contributed by atoms with Crippen molar-refractivity contribution in [1.82, 2.24) is 0 Å². The number of aryl methyl sites for hydroxylation is 1. The maximum atomic E-state index is 5.86. The molecule has 0 radical (unpaired) electrons. The maximum Gasteiger partial charge on any atom is 0.127 e. The zero-order valence-corrected chi connectivity index (χ0v) is 10.8. The van der Waals surface area contributed by atoms with E-state index in [-0.39, 0.29) is 0 Å². The summed E-state index contributed by atoms with van der Waals surface area (Å²) in [6.45, 7) is 9.32. The van der Waals surface area contributed by atoms with Crippen LogP contribution in [0.1, 0.15) is 37.8 Å². The lowest BCUT2D eigenvalue weighted by molar-refractivity contribution is 0.294. The number of rotatable bonds is 5. The van der Waals surface area contributed by atoms with E-state index in [2.05, 4.69) is 20.8 Å². The smallest absolute Gasteiger partial charge is 0.127 e.